The number of hydrogen-bond donors (Lipinski definition) is 1. The van der Waals surface area contributed by atoms with Crippen molar-refractivity contribution in [3.05, 3.63) is 35.1 Å². The van der Waals surface area contributed by atoms with E-state index in [-0.39, 0.29) is 24.3 Å². The first-order chi connectivity index (χ1) is 8.19. The Morgan fingerprint density at radius 1 is 1.50 bits per heavy atom. The Hall–Kier alpha value is -0.680. The van der Waals surface area contributed by atoms with E-state index in [2.05, 4.69) is 4.90 Å². The van der Waals surface area contributed by atoms with Crippen LogP contribution in [0.3, 0.4) is 0 Å². The van der Waals surface area contributed by atoms with Crippen molar-refractivity contribution in [1.82, 2.24) is 4.90 Å². The van der Waals surface area contributed by atoms with E-state index >= 15 is 0 Å². The highest BCUT2D eigenvalue weighted by atomic mass is 35.5. The number of nitrogens with two attached hydrogens (primary N) is 1. The molecule has 1 aliphatic heterocycles. The van der Waals surface area contributed by atoms with Crippen LogP contribution in [-0.2, 0) is 11.3 Å². The smallest absolute Gasteiger partial charge is 0.123 e. The molecule has 18 heavy (non-hydrogen) atoms. The van der Waals surface area contributed by atoms with Gasteiger partial charge in [0.05, 0.1) is 12.7 Å². The number of rotatable bonds is 3. The fraction of sp³-hybridized carbons (Fsp3) is 0.538. The van der Waals surface area contributed by atoms with Crippen molar-refractivity contribution in [3.63, 3.8) is 0 Å². The largest absolute Gasteiger partial charge is 0.374 e. The van der Waals surface area contributed by atoms with Gasteiger partial charge in [-0.3, -0.25) is 4.90 Å². The second-order valence-electron chi connectivity index (χ2n) is 4.53. The normalized spacial score (nSPS) is 20.5. The van der Waals surface area contributed by atoms with Crippen LogP contribution in [0, 0.1) is 12.7 Å². The molecule has 5 heteroatoms. The van der Waals surface area contributed by atoms with Crippen molar-refractivity contribution in [2.45, 2.75) is 19.6 Å². The molecule has 1 aromatic rings. The fourth-order valence-corrected chi connectivity index (χ4v) is 2.12. The molecule has 0 aromatic heterocycles. The summed E-state index contributed by atoms with van der Waals surface area (Å²) < 4.78 is 18.7. The van der Waals surface area contributed by atoms with E-state index in [1.165, 1.54) is 6.07 Å². The number of nitrogens with zero attached hydrogens (tertiary/aromatic N) is 1. The quantitative estimate of drug-likeness (QED) is 0.912. The fourth-order valence-electron chi connectivity index (χ4n) is 2.12. The molecule has 1 aromatic carbocycles. The molecular weight excluding hydrogens is 255 g/mol. The van der Waals surface area contributed by atoms with E-state index in [0.29, 0.717) is 13.2 Å². The zero-order valence-electron chi connectivity index (χ0n) is 10.6. The van der Waals surface area contributed by atoms with Crippen LogP contribution in [0.4, 0.5) is 4.39 Å². The SMILES string of the molecule is Cc1ccc(F)cc1CN1CCOC(CN)C1.Cl. The maximum absolute atomic E-state index is 13.2. The third-order valence-electron chi connectivity index (χ3n) is 3.19. The molecule has 0 bridgehead atoms. The molecule has 1 saturated heterocycles. The van der Waals surface area contributed by atoms with Gasteiger partial charge in [-0.2, -0.15) is 0 Å². The highest BCUT2D eigenvalue weighted by Crippen LogP contribution is 2.15. The summed E-state index contributed by atoms with van der Waals surface area (Å²) in [5, 5.41) is 0. The van der Waals surface area contributed by atoms with Gasteiger partial charge in [-0.1, -0.05) is 6.07 Å². The lowest BCUT2D eigenvalue weighted by Gasteiger charge is -2.32. The van der Waals surface area contributed by atoms with Crippen molar-refractivity contribution in [1.29, 1.82) is 0 Å². The standard InChI is InChI=1S/C13H19FN2O.ClH/c1-10-2-3-12(14)6-11(10)8-16-4-5-17-13(7-15)9-16;/h2-3,6,13H,4-5,7-9,15H2,1H3;1H. The molecule has 0 amide bonds. The lowest BCUT2D eigenvalue weighted by molar-refractivity contribution is -0.0261. The van der Waals surface area contributed by atoms with Crippen molar-refractivity contribution in [3.8, 4) is 0 Å². The number of halogens is 2. The van der Waals surface area contributed by atoms with Gasteiger partial charge in [0, 0.05) is 26.2 Å². The van der Waals surface area contributed by atoms with Crippen molar-refractivity contribution >= 4 is 12.4 Å². The Kier molecular flexibility index (Phi) is 6.02. The number of hydrogen-bond acceptors (Lipinski definition) is 3. The van der Waals surface area contributed by atoms with Crippen molar-refractivity contribution < 1.29 is 9.13 Å². The summed E-state index contributed by atoms with van der Waals surface area (Å²) in [6, 6.07) is 4.94. The van der Waals surface area contributed by atoms with Crippen LogP contribution in [0.5, 0.6) is 0 Å². The Bertz CT molecular complexity index is 389. The maximum Gasteiger partial charge on any atom is 0.123 e. The molecule has 102 valence electrons. The molecule has 1 atom stereocenters. The van der Waals surface area contributed by atoms with Crippen molar-refractivity contribution in [2.24, 2.45) is 5.73 Å². The van der Waals surface area contributed by atoms with Crippen LogP contribution in [-0.4, -0.2) is 37.2 Å². The Balaban J connectivity index is 0.00000162. The van der Waals surface area contributed by atoms with Gasteiger partial charge in [-0.05, 0) is 30.2 Å². The molecule has 0 aliphatic carbocycles. The number of aryl methyl sites for hydroxylation is 1. The molecule has 1 heterocycles. The summed E-state index contributed by atoms with van der Waals surface area (Å²) in [6.07, 6.45) is 0.109. The molecular formula is C13H20ClFN2O. The van der Waals surface area contributed by atoms with Gasteiger partial charge < -0.3 is 10.5 Å². The first-order valence-corrected chi connectivity index (χ1v) is 5.98. The summed E-state index contributed by atoms with van der Waals surface area (Å²) in [5.74, 6) is -0.172. The second-order valence-corrected chi connectivity index (χ2v) is 4.53. The summed E-state index contributed by atoms with van der Waals surface area (Å²) >= 11 is 0. The highest BCUT2D eigenvalue weighted by Gasteiger charge is 2.19. The minimum absolute atomic E-state index is 0. The van der Waals surface area contributed by atoms with E-state index in [1.807, 2.05) is 13.0 Å². The first kappa shape index (κ1) is 15.4. The Morgan fingerprint density at radius 2 is 2.28 bits per heavy atom. The van der Waals surface area contributed by atoms with E-state index in [1.54, 1.807) is 6.07 Å². The predicted octanol–water partition coefficient (Wildman–Crippen LogP) is 1.72. The first-order valence-electron chi connectivity index (χ1n) is 5.98. The molecule has 1 unspecified atom stereocenters. The van der Waals surface area contributed by atoms with Crippen molar-refractivity contribution in [2.75, 3.05) is 26.2 Å². The lowest BCUT2D eigenvalue weighted by Crippen LogP contribution is -2.45. The molecule has 1 fully saturated rings. The third-order valence-corrected chi connectivity index (χ3v) is 3.19. The van der Waals surface area contributed by atoms with Gasteiger partial charge in [-0.15, -0.1) is 12.4 Å². The third kappa shape index (κ3) is 3.92. The van der Waals surface area contributed by atoms with Crippen LogP contribution in [0.15, 0.2) is 18.2 Å². The molecule has 1 aliphatic rings. The van der Waals surface area contributed by atoms with Crippen LogP contribution >= 0.6 is 12.4 Å². The zero-order chi connectivity index (χ0) is 12.3. The molecule has 0 saturated carbocycles. The van der Waals surface area contributed by atoms with Gasteiger partial charge in [0.15, 0.2) is 0 Å². The van der Waals surface area contributed by atoms with Gasteiger partial charge in [0.2, 0.25) is 0 Å². The zero-order valence-corrected chi connectivity index (χ0v) is 11.4. The summed E-state index contributed by atoms with van der Waals surface area (Å²) in [6.45, 7) is 5.73. The van der Waals surface area contributed by atoms with E-state index < -0.39 is 0 Å². The van der Waals surface area contributed by atoms with Gasteiger partial charge in [-0.25, -0.2) is 4.39 Å². The topological polar surface area (TPSA) is 38.5 Å². The van der Waals surface area contributed by atoms with Gasteiger partial charge >= 0.3 is 0 Å². The molecule has 0 radical (unpaired) electrons. The van der Waals surface area contributed by atoms with E-state index in [0.717, 1.165) is 30.8 Å². The molecule has 2 N–H and O–H groups in total. The Morgan fingerprint density at radius 3 is 3.00 bits per heavy atom. The molecule has 2 rings (SSSR count). The summed E-state index contributed by atoms with van der Waals surface area (Å²) in [7, 11) is 0. The van der Waals surface area contributed by atoms with Crippen LogP contribution in [0.1, 0.15) is 11.1 Å². The van der Waals surface area contributed by atoms with Gasteiger partial charge in [0.1, 0.15) is 5.82 Å². The molecule has 0 spiro atoms. The van der Waals surface area contributed by atoms with E-state index in [4.69, 9.17) is 10.5 Å². The van der Waals surface area contributed by atoms with E-state index in [9.17, 15) is 4.39 Å². The minimum atomic E-state index is -0.172. The van der Waals surface area contributed by atoms with Crippen LogP contribution in [0.2, 0.25) is 0 Å². The number of ether oxygens (including phenoxy) is 1. The predicted molar refractivity (Wildman–Crippen MR) is 72.5 cm³/mol. The van der Waals surface area contributed by atoms with Gasteiger partial charge in [0.25, 0.3) is 0 Å². The maximum atomic E-state index is 13.2. The lowest BCUT2D eigenvalue weighted by atomic mass is 10.1. The van der Waals surface area contributed by atoms with Crippen LogP contribution in [0.25, 0.3) is 0 Å². The Labute approximate surface area is 114 Å². The minimum Gasteiger partial charge on any atom is -0.374 e. The summed E-state index contributed by atoms with van der Waals surface area (Å²) in [4.78, 5) is 2.27. The monoisotopic (exact) mass is 274 g/mol. The molecule has 3 nitrogen and oxygen atoms in total. The van der Waals surface area contributed by atoms with Crippen LogP contribution < -0.4 is 5.73 Å². The average Bonchev–Trinajstić information content (AvgIpc) is 2.34. The number of morpholine rings is 1. The number of benzene rings is 1. The summed E-state index contributed by atoms with van der Waals surface area (Å²) in [5.41, 5.74) is 7.77. The average molecular weight is 275 g/mol. The second kappa shape index (κ2) is 7.04. The highest BCUT2D eigenvalue weighted by molar-refractivity contribution is 5.85.